The van der Waals surface area contributed by atoms with Gasteiger partial charge in [0.05, 0.1) is 5.69 Å². The van der Waals surface area contributed by atoms with Crippen molar-refractivity contribution in [1.29, 1.82) is 0 Å². The number of aromatic nitrogens is 2. The van der Waals surface area contributed by atoms with Gasteiger partial charge in [0.1, 0.15) is 5.69 Å². The fourth-order valence-corrected chi connectivity index (χ4v) is 3.94. The van der Waals surface area contributed by atoms with E-state index in [4.69, 9.17) is 0 Å². The quantitative estimate of drug-likeness (QED) is 0.730. The summed E-state index contributed by atoms with van der Waals surface area (Å²) in [5.41, 5.74) is 4.90. The molecule has 6 nitrogen and oxygen atoms in total. The van der Waals surface area contributed by atoms with Crippen LogP contribution in [0, 0.1) is 0 Å². The molecule has 0 spiro atoms. The molecule has 9 heteroatoms. The molecular formula is C20H30Cl3N5O. The van der Waals surface area contributed by atoms with E-state index >= 15 is 0 Å². The third kappa shape index (κ3) is 5.86. The minimum Gasteiger partial charge on any atom is -0.383 e. The van der Waals surface area contributed by atoms with Crippen molar-refractivity contribution in [2.24, 2.45) is 0 Å². The number of halogens is 3. The van der Waals surface area contributed by atoms with Gasteiger partial charge in [0, 0.05) is 50.4 Å². The van der Waals surface area contributed by atoms with Crippen LogP contribution in [0.2, 0.25) is 0 Å². The first-order valence-corrected chi connectivity index (χ1v) is 9.64. The van der Waals surface area contributed by atoms with Crippen LogP contribution in [-0.4, -0.2) is 59.3 Å². The SMILES string of the molecule is CCN1CCN(Cc2cccc(-c3n[nH]c(=O)c4c3NCCC4)c2)CC1.Cl.Cl.Cl. The number of likely N-dealkylation sites (N-methyl/N-ethyl adjacent to an activating group) is 1. The Hall–Kier alpha value is -1.31. The maximum absolute atomic E-state index is 12.1. The zero-order valence-corrected chi connectivity index (χ0v) is 19.1. The molecule has 0 radical (unpaired) electrons. The average molecular weight is 463 g/mol. The first-order valence-electron chi connectivity index (χ1n) is 9.64. The lowest BCUT2D eigenvalue weighted by Gasteiger charge is -2.34. The number of anilines is 1. The highest BCUT2D eigenvalue weighted by Crippen LogP contribution is 2.30. The summed E-state index contributed by atoms with van der Waals surface area (Å²) in [4.78, 5) is 17.1. The molecule has 1 saturated heterocycles. The Morgan fingerprint density at radius 2 is 1.79 bits per heavy atom. The zero-order chi connectivity index (χ0) is 17.9. The predicted molar refractivity (Wildman–Crippen MR) is 126 cm³/mol. The van der Waals surface area contributed by atoms with Gasteiger partial charge in [-0.05, 0) is 31.0 Å². The fourth-order valence-electron chi connectivity index (χ4n) is 3.94. The van der Waals surface area contributed by atoms with Gasteiger partial charge in [0.2, 0.25) is 0 Å². The molecule has 29 heavy (non-hydrogen) atoms. The van der Waals surface area contributed by atoms with Crippen LogP contribution >= 0.6 is 37.2 Å². The fraction of sp³-hybridized carbons (Fsp3) is 0.500. The van der Waals surface area contributed by atoms with Crippen LogP contribution in [0.3, 0.4) is 0 Å². The molecule has 2 aliphatic heterocycles. The van der Waals surface area contributed by atoms with Gasteiger partial charge in [-0.2, -0.15) is 5.10 Å². The van der Waals surface area contributed by atoms with Crippen molar-refractivity contribution in [2.45, 2.75) is 26.3 Å². The van der Waals surface area contributed by atoms with Crippen molar-refractivity contribution < 1.29 is 0 Å². The van der Waals surface area contributed by atoms with Crippen LogP contribution in [-0.2, 0) is 13.0 Å². The van der Waals surface area contributed by atoms with Crippen LogP contribution in [0.1, 0.15) is 24.5 Å². The molecule has 162 valence electrons. The first-order chi connectivity index (χ1) is 12.7. The first kappa shape index (κ1) is 25.7. The zero-order valence-electron chi connectivity index (χ0n) is 16.6. The summed E-state index contributed by atoms with van der Waals surface area (Å²) in [7, 11) is 0. The number of piperazine rings is 1. The number of hydrogen-bond acceptors (Lipinski definition) is 5. The maximum atomic E-state index is 12.1. The molecule has 0 bridgehead atoms. The number of nitrogens with zero attached hydrogens (tertiary/aromatic N) is 3. The van der Waals surface area contributed by atoms with Gasteiger partial charge < -0.3 is 10.2 Å². The van der Waals surface area contributed by atoms with Gasteiger partial charge in [0.25, 0.3) is 5.56 Å². The van der Waals surface area contributed by atoms with Crippen molar-refractivity contribution in [1.82, 2.24) is 20.0 Å². The van der Waals surface area contributed by atoms with Gasteiger partial charge in [-0.3, -0.25) is 9.69 Å². The molecule has 0 unspecified atom stereocenters. The molecule has 0 saturated carbocycles. The Kier molecular flexibility index (Phi) is 10.4. The number of nitrogens with one attached hydrogen (secondary N) is 2. The van der Waals surface area contributed by atoms with Gasteiger partial charge in [-0.15, -0.1) is 37.2 Å². The van der Waals surface area contributed by atoms with E-state index in [-0.39, 0.29) is 42.8 Å². The topological polar surface area (TPSA) is 64.3 Å². The summed E-state index contributed by atoms with van der Waals surface area (Å²) in [5.74, 6) is 0. The number of H-pyrrole nitrogens is 1. The van der Waals surface area contributed by atoms with Crippen molar-refractivity contribution in [3.63, 3.8) is 0 Å². The summed E-state index contributed by atoms with van der Waals surface area (Å²) in [5, 5.41) is 10.4. The van der Waals surface area contributed by atoms with E-state index in [9.17, 15) is 4.79 Å². The monoisotopic (exact) mass is 461 g/mol. The largest absolute Gasteiger partial charge is 0.383 e. The van der Waals surface area contributed by atoms with E-state index in [1.54, 1.807) is 0 Å². The van der Waals surface area contributed by atoms with Crippen molar-refractivity contribution in [2.75, 3.05) is 44.6 Å². The van der Waals surface area contributed by atoms with Gasteiger partial charge >= 0.3 is 0 Å². The lowest BCUT2D eigenvalue weighted by atomic mass is 10.00. The second-order valence-corrected chi connectivity index (χ2v) is 7.20. The molecule has 0 aliphatic carbocycles. The Labute approximate surface area is 190 Å². The molecule has 4 rings (SSSR count). The lowest BCUT2D eigenvalue weighted by molar-refractivity contribution is 0.132. The molecule has 2 N–H and O–H groups in total. The van der Waals surface area contributed by atoms with Gasteiger partial charge in [0.15, 0.2) is 0 Å². The third-order valence-corrected chi connectivity index (χ3v) is 5.51. The third-order valence-electron chi connectivity index (χ3n) is 5.51. The molecule has 2 aromatic rings. The molecule has 1 aromatic carbocycles. The molecule has 0 atom stereocenters. The number of fused-ring (bicyclic) bond motifs is 1. The van der Waals surface area contributed by atoms with E-state index in [0.29, 0.717) is 0 Å². The van der Waals surface area contributed by atoms with Crippen LogP contribution in [0.5, 0.6) is 0 Å². The van der Waals surface area contributed by atoms with Crippen LogP contribution in [0.25, 0.3) is 11.3 Å². The number of rotatable bonds is 4. The Morgan fingerprint density at radius 3 is 2.52 bits per heavy atom. The maximum Gasteiger partial charge on any atom is 0.269 e. The predicted octanol–water partition coefficient (Wildman–Crippen LogP) is 3.20. The summed E-state index contributed by atoms with van der Waals surface area (Å²) >= 11 is 0. The van der Waals surface area contributed by atoms with E-state index in [2.05, 4.69) is 56.5 Å². The Bertz CT molecular complexity index is 837. The normalized spacial score (nSPS) is 16.4. The van der Waals surface area contributed by atoms with E-state index in [1.807, 2.05) is 0 Å². The van der Waals surface area contributed by atoms with Crippen molar-refractivity contribution in [3.05, 3.63) is 45.7 Å². The second-order valence-electron chi connectivity index (χ2n) is 7.20. The smallest absolute Gasteiger partial charge is 0.269 e. The summed E-state index contributed by atoms with van der Waals surface area (Å²) < 4.78 is 0. The van der Waals surface area contributed by atoms with Crippen LogP contribution in [0.15, 0.2) is 29.1 Å². The second kappa shape index (κ2) is 11.8. The van der Waals surface area contributed by atoms with Crippen molar-refractivity contribution >= 4 is 42.9 Å². The minimum absolute atomic E-state index is 0. The Balaban J connectivity index is 0.00000140. The van der Waals surface area contributed by atoms with Crippen molar-refractivity contribution in [3.8, 4) is 11.3 Å². The highest BCUT2D eigenvalue weighted by atomic mass is 35.5. The molecule has 2 aliphatic rings. The lowest BCUT2D eigenvalue weighted by Crippen LogP contribution is -2.45. The minimum atomic E-state index is -0.0686. The average Bonchev–Trinajstić information content (AvgIpc) is 2.69. The van der Waals surface area contributed by atoms with Gasteiger partial charge in [-0.1, -0.05) is 25.1 Å². The molecule has 0 amide bonds. The Morgan fingerprint density at radius 1 is 1.07 bits per heavy atom. The number of benzene rings is 1. The highest BCUT2D eigenvalue weighted by Gasteiger charge is 2.19. The number of hydrogen-bond donors (Lipinski definition) is 2. The van der Waals surface area contributed by atoms with E-state index in [0.717, 1.165) is 81.2 Å². The molecule has 1 aromatic heterocycles. The molecule has 1 fully saturated rings. The summed E-state index contributed by atoms with van der Waals surface area (Å²) in [6.45, 7) is 9.75. The van der Waals surface area contributed by atoms with E-state index in [1.165, 1.54) is 5.56 Å². The standard InChI is InChI=1S/C20H27N5O.3ClH/c1-2-24-9-11-25(12-10-24)14-15-5-3-6-16(13-15)18-19-17(7-4-8-21-19)20(26)23-22-18;;;/h3,5-6,13,21H,2,4,7-12,14H2,1H3,(H,23,26);3*1H. The molecular weight excluding hydrogens is 433 g/mol. The van der Waals surface area contributed by atoms with Crippen LogP contribution in [0.4, 0.5) is 5.69 Å². The summed E-state index contributed by atoms with van der Waals surface area (Å²) in [6.07, 6.45) is 1.80. The summed E-state index contributed by atoms with van der Waals surface area (Å²) in [6, 6.07) is 8.56. The van der Waals surface area contributed by atoms with Gasteiger partial charge in [-0.25, -0.2) is 5.10 Å². The number of aromatic amines is 1. The molecule has 3 heterocycles. The van der Waals surface area contributed by atoms with E-state index < -0.39 is 0 Å². The van der Waals surface area contributed by atoms with Crippen LogP contribution < -0.4 is 10.9 Å². The highest BCUT2D eigenvalue weighted by molar-refractivity contribution is 5.86.